The first-order chi connectivity index (χ1) is 10.6. The number of rotatable bonds is 3. The van der Waals surface area contributed by atoms with Gasteiger partial charge < -0.3 is 4.90 Å². The Morgan fingerprint density at radius 3 is 2.14 bits per heavy atom. The van der Waals surface area contributed by atoms with Crippen LogP contribution in [0.5, 0.6) is 0 Å². The molecule has 0 radical (unpaired) electrons. The molecule has 0 aromatic heterocycles. The van der Waals surface area contributed by atoms with E-state index in [9.17, 15) is 18.8 Å². The van der Waals surface area contributed by atoms with Gasteiger partial charge in [-0.05, 0) is 31.4 Å². The molecule has 0 N–H and O–H groups in total. The maximum absolute atomic E-state index is 14.3. The SMILES string of the molecule is O=C([C@H](F)CN1C(=O)c2ccccc2C1=O)N1CCCCC1. The van der Waals surface area contributed by atoms with Gasteiger partial charge in [0.25, 0.3) is 17.7 Å². The lowest BCUT2D eigenvalue weighted by Crippen LogP contribution is -2.46. The van der Waals surface area contributed by atoms with E-state index in [0.29, 0.717) is 13.1 Å². The highest BCUT2D eigenvalue weighted by Gasteiger charge is 2.38. The van der Waals surface area contributed by atoms with Gasteiger partial charge in [0.15, 0.2) is 6.17 Å². The van der Waals surface area contributed by atoms with Gasteiger partial charge in [-0.2, -0.15) is 0 Å². The van der Waals surface area contributed by atoms with Crippen molar-refractivity contribution in [2.75, 3.05) is 19.6 Å². The van der Waals surface area contributed by atoms with Gasteiger partial charge in [0, 0.05) is 13.1 Å². The fourth-order valence-corrected chi connectivity index (χ4v) is 2.96. The third kappa shape index (κ3) is 2.49. The minimum absolute atomic E-state index is 0.269. The van der Waals surface area contributed by atoms with Crippen molar-refractivity contribution >= 4 is 17.7 Å². The van der Waals surface area contributed by atoms with Crippen molar-refractivity contribution in [1.82, 2.24) is 9.80 Å². The van der Waals surface area contributed by atoms with Crippen molar-refractivity contribution in [2.24, 2.45) is 0 Å². The van der Waals surface area contributed by atoms with E-state index in [-0.39, 0.29) is 11.1 Å². The first-order valence-electron chi connectivity index (χ1n) is 7.47. The molecule has 0 spiro atoms. The molecule has 1 atom stereocenters. The third-order valence-corrected chi connectivity index (χ3v) is 4.16. The van der Waals surface area contributed by atoms with Crippen molar-refractivity contribution < 1.29 is 18.8 Å². The maximum atomic E-state index is 14.3. The number of amides is 3. The molecule has 0 saturated carbocycles. The number of carbonyl (C=O) groups is 3. The number of hydrogen-bond acceptors (Lipinski definition) is 3. The number of hydrogen-bond donors (Lipinski definition) is 0. The summed E-state index contributed by atoms with van der Waals surface area (Å²) >= 11 is 0. The fraction of sp³-hybridized carbons (Fsp3) is 0.438. The van der Waals surface area contributed by atoms with Crippen LogP contribution >= 0.6 is 0 Å². The van der Waals surface area contributed by atoms with Crippen LogP contribution in [0.3, 0.4) is 0 Å². The van der Waals surface area contributed by atoms with E-state index in [1.54, 1.807) is 12.1 Å². The second-order valence-electron chi connectivity index (χ2n) is 5.62. The molecule has 2 aliphatic rings. The zero-order chi connectivity index (χ0) is 15.7. The average Bonchev–Trinajstić information content (AvgIpc) is 2.80. The quantitative estimate of drug-likeness (QED) is 0.798. The molecule has 116 valence electrons. The second-order valence-corrected chi connectivity index (χ2v) is 5.62. The number of fused-ring (bicyclic) bond motifs is 1. The lowest BCUT2D eigenvalue weighted by atomic mass is 10.1. The van der Waals surface area contributed by atoms with E-state index in [1.807, 2.05) is 0 Å². The number of piperidine rings is 1. The Bertz CT molecular complexity index is 591. The first kappa shape index (κ1) is 14.7. The molecule has 6 heteroatoms. The highest BCUT2D eigenvalue weighted by Crippen LogP contribution is 2.23. The van der Waals surface area contributed by atoms with Crippen LogP contribution in [0.1, 0.15) is 40.0 Å². The maximum Gasteiger partial charge on any atom is 0.261 e. The Labute approximate surface area is 127 Å². The van der Waals surface area contributed by atoms with E-state index < -0.39 is 30.4 Å². The Balaban J connectivity index is 1.70. The lowest BCUT2D eigenvalue weighted by Gasteiger charge is -2.28. The number of nitrogens with zero attached hydrogens (tertiary/aromatic N) is 2. The molecule has 5 nitrogen and oxygen atoms in total. The van der Waals surface area contributed by atoms with E-state index >= 15 is 0 Å². The molecular formula is C16H17FN2O3. The number of halogens is 1. The Hall–Kier alpha value is -2.24. The molecule has 22 heavy (non-hydrogen) atoms. The minimum Gasteiger partial charge on any atom is -0.340 e. The van der Waals surface area contributed by atoms with Gasteiger partial charge >= 0.3 is 0 Å². The summed E-state index contributed by atoms with van der Waals surface area (Å²) in [7, 11) is 0. The second kappa shape index (κ2) is 5.87. The van der Waals surface area contributed by atoms with Crippen LogP contribution in [-0.4, -0.2) is 53.3 Å². The Morgan fingerprint density at radius 2 is 1.59 bits per heavy atom. The summed E-state index contributed by atoms with van der Waals surface area (Å²) in [5.74, 6) is -1.69. The molecule has 1 aromatic rings. The van der Waals surface area contributed by atoms with Crippen LogP contribution in [0.2, 0.25) is 0 Å². The van der Waals surface area contributed by atoms with E-state index in [4.69, 9.17) is 0 Å². The van der Waals surface area contributed by atoms with Gasteiger partial charge in [-0.1, -0.05) is 12.1 Å². The van der Waals surface area contributed by atoms with Crippen molar-refractivity contribution in [2.45, 2.75) is 25.4 Å². The van der Waals surface area contributed by atoms with Gasteiger partial charge in [-0.25, -0.2) is 4.39 Å². The number of alkyl halides is 1. The minimum atomic E-state index is -1.86. The first-order valence-corrected chi connectivity index (χ1v) is 7.47. The zero-order valence-corrected chi connectivity index (χ0v) is 12.1. The van der Waals surface area contributed by atoms with E-state index in [2.05, 4.69) is 0 Å². The van der Waals surface area contributed by atoms with Gasteiger partial charge in [0.05, 0.1) is 17.7 Å². The van der Waals surface area contributed by atoms with Gasteiger partial charge in [-0.3, -0.25) is 19.3 Å². The molecule has 0 unspecified atom stereocenters. The predicted octanol–water partition coefficient (Wildman–Crippen LogP) is 1.63. The molecule has 2 heterocycles. The summed E-state index contributed by atoms with van der Waals surface area (Å²) in [5.41, 5.74) is 0.537. The monoisotopic (exact) mass is 304 g/mol. The summed E-state index contributed by atoms with van der Waals surface area (Å²) < 4.78 is 14.3. The number of likely N-dealkylation sites (tertiary alicyclic amines) is 1. The Morgan fingerprint density at radius 1 is 1.05 bits per heavy atom. The average molecular weight is 304 g/mol. The summed E-state index contributed by atoms with van der Waals surface area (Å²) in [6, 6.07) is 6.38. The smallest absolute Gasteiger partial charge is 0.261 e. The van der Waals surface area contributed by atoms with Gasteiger partial charge in [0.2, 0.25) is 0 Å². The van der Waals surface area contributed by atoms with Crippen LogP contribution in [0.25, 0.3) is 0 Å². The van der Waals surface area contributed by atoms with Crippen LogP contribution in [0.15, 0.2) is 24.3 Å². The molecule has 1 saturated heterocycles. The van der Waals surface area contributed by atoms with Gasteiger partial charge in [0.1, 0.15) is 0 Å². The van der Waals surface area contributed by atoms with E-state index in [0.717, 1.165) is 24.2 Å². The summed E-state index contributed by atoms with van der Waals surface area (Å²) in [4.78, 5) is 38.7. The summed E-state index contributed by atoms with van der Waals surface area (Å²) in [5, 5.41) is 0. The lowest BCUT2D eigenvalue weighted by molar-refractivity contribution is -0.137. The molecule has 2 aliphatic heterocycles. The summed E-state index contributed by atoms with van der Waals surface area (Å²) in [6.07, 6.45) is 0.913. The number of carbonyl (C=O) groups excluding carboxylic acids is 3. The highest BCUT2D eigenvalue weighted by molar-refractivity contribution is 6.21. The molecule has 1 fully saturated rings. The fourth-order valence-electron chi connectivity index (χ4n) is 2.96. The number of imide groups is 1. The van der Waals surface area contributed by atoms with Crippen molar-refractivity contribution in [3.05, 3.63) is 35.4 Å². The summed E-state index contributed by atoms with van der Waals surface area (Å²) in [6.45, 7) is 0.574. The molecule has 0 bridgehead atoms. The standard InChI is InChI=1S/C16H17FN2O3/c17-13(16(22)18-8-4-1-5-9-18)10-19-14(20)11-6-2-3-7-12(11)15(19)21/h2-3,6-7,13H,1,4-5,8-10H2/t13-/m1/s1. The Kier molecular flexibility index (Phi) is 3.92. The molecule has 3 rings (SSSR count). The topological polar surface area (TPSA) is 57.7 Å². The van der Waals surface area contributed by atoms with E-state index in [1.165, 1.54) is 17.0 Å². The highest BCUT2D eigenvalue weighted by atomic mass is 19.1. The predicted molar refractivity (Wildman–Crippen MR) is 77.1 cm³/mol. The zero-order valence-electron chi connectivity index (χ0n) is 12.1. The van der Waals surface area contributed by atoms with Gasteiger partial charge in [-0.15, -0.1) is 0 Å². The molecule has 3 amide bonds. The molecule has 1 aromatic carbocycles. The third-order valence-electron chi connectivity index (χ3n) is 4.16. The molecular weight excluding hydrogens is 287 g/mol. The largest absolute Gasteiger partial charge is 0.340 e. The normalized spacial score (nSPS) is 19.3. The van der Waals surface area contributed by atoms with Crippen molar-refractivity contribution in [3.63, 3.8) is 0 Å². The van der Waals surface area contributed by atoms with Crippen LogP contribution < -0.4 is 0 Å². The van der Waals surface area contributed by atoms with Crippen LogP contribution in [0, 0.1) is 0 Å². The van der Waals surface area contributed by atoms with Crippen molar-refractivity contribution in [1.29, 1.82) is 0 Å². The van der Waals surface area contributed by atoms with Crippen molar-refractivity contribution in [3.8, 4) is 0 Å². The molecule has 0 aliphatic carbocycles. The number of benzene rings is 1. The van der Waals surface area contributed by atoms with Crippen LogP contribution in [0.4, 0.5) is 4.39 Å². The van der Waals surface area contributed by atoms with Crippen LogP contribution in [-0.2, 0) is 4.79 Å².